The Labute approximate surface area is 75.4 Å². The van der Waals surface area contributed by atoms with Gasteiger partial charge in [0.05, 0.1) is 13.1 Å². The number of hydrogen-bond donors (Lipinski definition) is 2. The monoisotopic (exact) mass is 196 g/mol. The van der Waals surface area contributed by atoms with Crippen molar-refractivity contribution in [2.24, 2.45) is 5.73 Å². The number of alkyl halides is 2. The van der Waals surface area contributed by atoms with Gasteiger partial charge in [-0.2, -0.15) is 0 Å². The summed E-state index contributed by atoms with van der Waals surface area (Å²) in [5.41, 5.74) is 4.76. The lowest BCUT2D eigenvalue weighted by Gasteiger charge is -2.14. The molecule has 0 aliphatic carbocycles. The van der Waals surface area contributed by atoms with Crippen molar-refractivity contribution in [1.29, 1.82) is 0 Å². The van der Waals surface area contributed by atoms with E-state index < -0.39 is 24.9 Å². The smallest absolute Gasteiger partial charge is 0.277 e. The van der Waals surface area contributed by atoms with Crippen LogP contribution in [0.3, 0.4) is 0 Å². The topological polar surface area (TPSA) is 64.3 Å². The van der Waals surface area contributed by atoms with Crippen LogP contribution in [0.25, 0.3) is 0 Å². The maximum atomic E-state index is 12.5. The molecule has 1 amide bonds. The van der Waals surface area contributed by atoms with Crippen LogP contribution in [0.1, 0.15) is 6.92 Å². The summed E-state index contributed by atoms with van der Waals surface area (Å²) in [6, 6.07) is 0. The van der Waals surface area contributed by atoms with Crippen LogP contribution in [-0.4, -0.2) is 38.1 Å². The van der Waals surface area contributed by atoms with Gasteiger partial charge in [-0.1, -0.05) is 0 Å². The highest BCUT2D eigenvalue weighted by Gasteiger charge is 2.26. The van der Waals surface area contributed by atoms with E-state index in [0.29, 0.717) is 6.61 Å². The standard InChI is InChI=1S/C7H14F2N2O2/c1-2-13-3-6(12)11-5-7(8,9)4-10/h2-5,10H2,1H3,(H,11,12). The maximum absolute atomic E-state index is 12.5. The highest BCUT2D eigenvalue weighted by molar-refractivity contribution is 5.77. The first-order valence-electron chi connectivity index (χ1n) is 3.94. The summed E-state index contributed by atoms with van der Waals surface area (Å²) in [5, 5.41) is 2.01. The second kappa shape index (κ2) is 5.82. The van der Waals surface area contributed by atoms with Crippen LogP contribution >= 0.6 is 0 Å². The van der Waals surface area contributed by atoms with Crippen LogP contribution < -0.4 is 11.1 Å². The molecule has 0 heterocycles. The largest absolute Gasteiger partial charge is 0.372 e. The van der Waals surface area contributed by atoms with Crippen LogP contribution in [0.4, 0.5) is 8.78 Å². The molecule has 0 bridgehead atoms. The van der Waals surface area contributed by atoms with Crippen molar-refractivity contribution in [2.75, 3.05) is 26.3 Å². The van der Waals surface area contributed by atoms with Gasteiger partial charge in [0.2, 0.25) is 5.91 Å². The lowest BCUT2D eigenvalue weighted by Crippen LogP contribution is -2.42. The Morgan fingerprint density at radius 1 is 1.62 bits per heavy atom. The first kappa shape index (κ1) is 12.2. The van der Waals surface area contributed by atoms with E-state index in [2.05, 4.69) is 0 Å². The molecule has 0 aliphatic heterocycles. The van der Waals surface area contributed by atoms with Gasteiger partial charge in [0, 0.05) is 6.61 Å². The molecule has 0 spiro atoms. The number of hydrogen-bond acceptors (Lipinski definition) is 3. The molecule has 0 saturated carbocycles. The van der Waals surface area contributed by atoms with Gasteiger partial charge in [0.1, 0.15) is 6.61 Å². The summed E-state index contributed by atoms with van der Waals surface area (Å²) in [6.45, 7) is 0.372. The van der Waals surface area contributed by atoms with E-state index in [1.807, 2.05) is 5.32 Å². The quantitative estimate of drug-likeness (QED) is 0.614. The Hall–Kier alpha value is -0.750. The van der Waals surface area contributed by atoms with Crippen LogP contribution in [-0.2, 0) is 9.53 Å². The molecule has 0 aliphatic rings. The molecule has 13 heavy (non-hydrogen) atoms. The number of carbonyl (C=O) groups excluding carboxylic acids is 1. The van der Waals surface area contributed by atoms with Crippen molar-refractivity contribution < 1.29 is 18.3 Å². The summed E-state index contributed by atoms with van der Waals surface area (Å²) in [4.78, 5) is 10.8. The summed E-state index contributed by atoms with van der Waals surface area (Å²) < 4.78 is 29.6. The summed E-state index contributed by atoms with van der Waals surface area (Å²) in [7, 11) is 0. The van der Waals surface area contributed by atoms with Crippen molar-refractivity contribution in [1.82, 2.24) is 5.32 Å². The molecule has 6 heteroatoms. The number of ether oxygens (including phenoxy) is 1. The molecular formula is C7H14F2N2O2. The Balaban J connectivity index is 3.57. The van der Waals surface area contributed by atoms with Gasteiger partial charge in [0.25, 0.3) is 5.92 Å². The zero-order chi connectivity index (χ0) is 10.3. The second-order valence-corrected chi connectivity index (χ2v) is 2.47. The fraction of sp³-hybridized carbons (Fsp3) is 0.857. The average Bonchev–Trinajstić information content (AvgIpc) is 2.11. The SMILES string of the molecule is CCOCC(=O)NCC(F)(F)CN. The molecule has 0 aromatic carbocycles. The van der Waals surface area contributed by atoms with E-state index in [-0.39, 0.29) is 6.61 Å². The van der Waals surface area contributed by atoms with Gasteiger partial charge in [-0.05, 0) is 6.92 Å². The van der Waals surface area contributed by atoms with Crippen LogP contribution in [0.15, 0.2) is 0 Å². The number of carbonyl (C=O) groups is 1. The zero-order valence-electron chi connectivity index (χ0n) is 7.48. The second-order valence-electron chi connectivity index (χ2n) is 2.47. The molecule has 0 rings (SSSR count). The Bertz CT molecular complexity index is 165. The average molecular weight is 196 g/mol. The summed E-state index contributed by atoms with van der Waals surface area (Å²) in [6.07, 6.45) is 0. The Morgan fingerprint density at radius 3 is 2.69 bits per heavy atom. The number of rotatable bonds is 6. The van der Waals surface area contributed by atoms with Gasteiger partial charge in [-0.25, -0.2) is 8.78 Å². The zero-order valence-corrected chi connectivity index (χ0v) is 7.48. The van der Waals surface area contributed by atoms with Crippen LogP contribution in [0.5, 0.6) is 0 Å². The molecule has 78 valence electrons. The van der Waals surface area contributed by atoms with Gasteiger partial charge in [-0.3, -0.25) is 4.79 Å². The molecule has 3 N–H and O–H groups in total. The van der Waals surface area contributed by atoms with Crippen molar-refractivity contribution in [3.05, 3.63) is 0 Å². The fourth-order valence-corrected chi connectivity index (χ4v) is 0.546. The van der Waals surface area contributed by atoms with Gasteiger partial charge in [0.15, 0.2) is 0 Å². The highest BCUT2D eigenvalue weighted by Crippen LogP contribution is 2.08. The number of halogens is 2. The van der Waals surface area contributed by atoms with E-state index in [9.17, 15) is 13.6 Å². The molecular weight excluding hydrogens is 182 g/mol. The van der Waals surface area contributed by atoms with Gasteiger partial charge < -0.3 is 15.8 Å². The molecule has 0 unspecified atom stereocenters. The molecule has 0 fully saturated rings. The van der Waals surface area contributed by atoms with Crippen LogP contribution in [0, 0.1) is 0 Å². The minimum Gasteiger partial charge on any atom is -0.372 e. The van der Waals surface area contributed by atoms with Crippen molar-refractivity contribution in [3.8, 4) is 0 Å². The first-order chi connectivity index (χ1) is 6.02. The molecule has 0 aromatic rings. The molecule has 0 atom stereocenters. The number of nitrogens with one attached hydrogen (secondary N) is 1. The van der Waals surface area contributed by atoms with E-state index in [0.717, 1.165) is 0 Å². The van der Waals surface area contributed by atoms with Crippen molar-refractivity contribution >= 4 is 5.91 Å². The van der Waals surface area contributed by atoms with E-state index in [1.165, 1.54) is 0 Å². The van der Waals surface area contributed by atoms with Gasteiger partial charge in [-0.15, -0.1) is 0 Å². The minimum atomic E-state index is -3.04. The predicted octanol–water partition coefficient (Wildman–Crippen LogP) is -0.267. The number of nitrogens with two attached hydrogens (primary N) is 1. The van der Waals surface area contributed by atoms with Crippen LogP contribution in [0.2, 0.25) is 0 Å². The number of amides is 1. The predicted molar refractivity (Wildman–Crippen MR) is 43.5 cm³/mol. The lowest BCUT2D eigenvalue weighted by molar-refractivity contribution is -0.127. The molecule has 4 nitrogen and oxygen atoms in total. The van der Waals surface area contributed by atoms with E-state index in [1.54, 1.807) is 6.92 Å². The lowest BCUT2D eigenvalue weighted by atomic mass is 10.3. The Kier molecular flexibility index (Phi) is 5.48. The van der Waals surface area contributed by atoms with Crippen molar-refractivity contribution in [2.45, 2.75) is 12.8 Å². The van der Waals surface area contributed by atoms with E-state index in [4.69, 9.17) is 10.5 Å². The normalized spacial score (nSPS) is 11.4. The third kappa shape index (κ3) is 6.41. The molecule has 0 saturated heterocycles. The summed E-state index contributed by atoms with van der Waals surface area (Å²) >= 11 is 0. The fourth-order valence-electron chi connectivity index (χ4n) is 0.546. The molecule has 0 aromatic heterocycles. The van der Waals surface area contributed by atoms with Gasteiger partial charge >= 0.3 is 0 Å². The highest BCUT2D eigenvalue weighted by atomic mass is 19.3. The Morgan fingerprint density at radius 2 is 2.23 bits per heavy atom. The van der Waals surface area contributed by atoms with Crippen molar-refractivity contribution in [3.63, 3.8) is 0 Å². The summed E-state index contributed by atoms with van der Waals surface area (Å²) in [5.74, 6) is -3.60. The molecule has 0 radical (unpaired) electrons. The van der Waals surface area contributed by atoms with E-state index >= 15 is 0 Å². The maximum Gasteiger partial charge on any atom is 0.277 e. The first-order valence-corrected chi connectivity index (χ1v) is 3.94. The third-order valence-electron chi connectivity index (χ3n) is 1.28. The minimum absolute atomic E-state index is 0.197. The third-order valence-corrected chi connectivity index (χ3v) is 1.28.